The van der Waals surface area contributed by atoms with Gasteiger partial charge < -0.3 is 5.32 Å². The van der Waals surface area contributed by atoms with E-state index >= 15 is 0 Å². The molecule has 80 valence electrons. The Labute approximate surface area is 98.7 Å². The van der Waals surface area contributed by atoms with Crippen molar-refractivity contribution in [2.75, 3.05) is 7.05 Å². The molecule has 0 fully saturated rings. The number of amides is 2. The number of carbonyl (C=O) groups is 2. The highest BCUT2D eigenvalue weighted by Crippen LogP contribution is 2.11. The monoisotopic (exact) mass is 289 g/mol. The minimum atomic E-state index is -0.481. The third kappa shape index (κ3) is 3.45. The van der Waals surface area contributed by atoms with Crippen LogP contribution in [0, 0.1) is 0 Å². The summed E-state index contributed by atoms with van der Waals surface area (Å²) in [5.74, 6) is -0.263. The fourth-order valence-electron chi connectivity index (χ4n) is 0.716. The van der Waals surface area contributed by atoms with Gasteiger partial charge in [-0.2, -0.15) is 5.10 Å². The molecular weight excluding hydrogens is 282 g/mol. The minimum Gasteiger partial charge on any atom is -0.340 e. The van der Waals surface area contributed by atoms with E-state index in [1.807, 2.05) is 0 Å². The quantitative estimate of drug-likeness (QED) is 0.504. The number of hydrogen-bond donors (Lipinski definition) is 2. The highest BCUT2D eigenvalue weighted by Gasteiger charge is 2.12. The molecule has 2 amide bonds. The van der Waals surface area contributed by atoms with Gasteiger partial charge in [-0.15, -0.1) is 11.3 Å². The van der Waals surface area contributed by atoms with Gasteiger partial charge in [-0.3, -0.25) is 4.79 Å². The van der Waals surface area contributed by atoms with Crippen molar-refractivity contribution in [2.24, 2.45) is 5.10 Å². The summed E-state index contributed by atoms with van der Waals surface area (Å²) in [4.78, 5) is 22.9. The van der Waals surface area contributed by atoms with Gasteiger partial charge in [0.25, 0.3) is 0 Å². The molecule has 7 heteroatoms. The Balaban J connectivity index is 2.64. The average molecular weight is 290 g/mol. The Kier molecular flexibility index (Phi) is 4.44. The third-order valence-corrected chi connectivity index (χ3v) is 2.82. The number of halogens is 1. The van der Waals surface area contributed by atoms with Crippen LogP contribution >= 0.6 is 27.3 Å². The van der Waals surface area contributed by atoms with Crippen LogP contribution in [0.2, 0.25) is 0 Å². The smallest absolute Gasteiger partial charge is 0.334 e. The van der Waals surface area contributed by atoms with Crippen molar-refractivity contribution in [3.63, 3.8) is 0 Å². The van der Waals surface area contributed by atoms with Gasteiger partial charge in [0.15, 0.2) is 4.62 Å². The number of carbonyl (C=O) groups excluding carboxylic acids is 2. The van der Waals surface area contributed by atoms with E-state index in [2.05, 4.69) is 31.8 Å². The van der Waals surface area contributed by atoms with E-state index < -0.39 is 6.03 Å². The third-order valence-electron chi connectivity index (χ3n) is 1.42. The summed E-state index contributed by atoms with van der Waals surface area (Å²) in [5.41, 5.74) is 2.15. The predicted molar refractivity (Wildman–Crippen MR) is 62.6 cm³/mol. The van der Waals surface area contributed by atoms with Gasteiger partial charge in [0.1, 0.15) is 0 Å². The van der Waals surface area contributed by atoms with Crippen LogP contribution < -0.4 is 10.7 Å². The van der Waals surface area contributed by atoms with E-state index in [-0.39, 0.29) is 10.4 Å². The van der Waals surface area contributed by atoms with E-state index in [4.69, 9.17) is 0 Å². The van der Waals surface area contributed by atoms with Crippen LogP contribution in [0.25, 0.3) is 0 Å². The number of nitrogens with zero attached hydrogens (tertiary/aromatic N) is 1. The molecular formula is C8H8BrN3O2S. The van der Waals surface area contributed by atoms with Crippen molar-refractivity contribution in [3.8, 4) is 0 Å². The molecule has 0 aliphatic heterocycles. The number of nitrogens with one attached hydrogen (secondary N) is 2. The van der Waals surface area contributed by atoms with Gasteiger partial charge in [-0.1, -0.05) is 6.07 Å². The van der Waals surface area contributed by atoms with Crippen LogP contribution in [0.4, 0.5) is 4.79 Å². The lowest BCUT2D eigenvalue weighted by molar-refractivity contribution is 0.107. The van der Waals surface area contributed by atoms with E-state index in [1.165, 1.54) is 18.4 Å². The molecule has 0 aromatic carbocycles. The van der Waals surface area contributed by atoms with Crippen molar-refractivity contribution in [2.45, 2.75) is 0 Å². The molecule has 1 rings (SSSR count). The summed E-state index contributed by atoms with van der Waals surface area (Å²) in [6.45, 7) is 0. The van der Waals surface area contributed by atoms with Gasteiger partial charge in [-0.05, 0) is 27.4 Å². The average Bonchev–Trinajstić information content (AvgIpc) is 2.77. The summed E-state index contributed by atoms with van der Waals surface area (Å²) in [5, 5.41) is 7.68. The molecule has 0 aliphatic rings. The van der Waals surface area contributed by atoms with Crippen LogP contribution in [0.3, 0.4) is 0 Å². The summed E-state index contributed by atoms with van der Waals surface area (Å²) in [6, 6.07) is 2.97. The number of Topliss-reactive ketones (excluding diaryl/α,β-unsaturated/α-hetero) is 1. The van der Waals surface area contributed by atoms with Crippen LogP contribution in [0.1, 0.15) is 9.67 Å². The number of thiophene rings is 1. The molecule has 0 unspecified atom stereocenters. The summed E-state index contributed by atoms with van der Waals surface area (Å²) in [6.07, 6.45) is 0. The van der Waals surface area contributed by atoms with Gasteiger partial charge in [-0.25, -0.2) is 10.2 Å². The molecule has 0 saturated heterocycles. The predicted octanol–water partition coefficient (Wildman–Crippen LogP) is 1.57. The second-order valence-corrected chi connectivity index (χ2v) is 4.10. The molecule has 5 nitrogen and oxygen atoms in total. The maximum atomic E-state index is 11.6. The molecule has 0 saturated carbocycles. The van der Waals surface area contributed by atoms with Crippen LogP contribution in [0.5, 0.6) is 0 Å². The van der Waals surface area contributed by atoms with E-state index in [1.54, 1.807) is 17.5 Å². The molecule has 2 N–H and O–H groups in total. The number of hydrogen-bond acceptors (Lipinski definition) is 4. The second-order valence-electron chi connectivity index (χ2n) is 2.40. The molecule has 0 bridgehead atoms. The first-order valence-corrected chi connectivity index (χ1v) is 5.61. The van der Waals surface area contributed by atoms with Crippen LogP contribution in [-0.4, -0.2) is 23.5 Å². The maximum Gasteiger partial charge on any atom is 0.334 e. The molecule has 1 heterocycles. The topological polar surface area (TPSA) is 70.6 Å². The maximum absolute atomic E-state index is 11.6. The van der Waals surface area contributed by atoms with Crippen LogP contribution in [0.15, 0.2) is 22.6 Å². The molecule has 15 heavy (non-hydrogen) atoms. The van der Waals surface area contributed by atoms with Crippen molar-refractivity contribution in [1.82, 2.24) is 10.7 Å². The number of hydrazone groups is 1. The Morgan fingerprint density at radius 2 is 2.27 bits per heavy atom. The normalized spacial score (nSPS) is 10.9. The van der Waals surface area contributed by atoms with Crippen LogP contribution in [-0.2, 0) is 0 Å². The largest absolute Gasteiger partial charge is 0.340 e. The SMILES string of the molecule is CNC(=O)N/N=C(\Br)C(=O)c1cccs1. The van der Waals surface area contributed by atoms with Crippen molar-refractivity contribution >= 4 is 43.7 Å². The first kappa shape index (κ1) is 11.9. The zero-order valence-electron chi connectivity index (χ0n) is 7.78. The molecule has 1 aromatic heterocycles. The van der Waals surface area contributed by atoms with E-state index in [0.717, 1.165) is 0 Å². The Morgan fingerprint density at radius 3 is 2.80 bits per heavy atom. The molecule has 0 spiro atoms. The van der Waals surface area contributed by atoms with Crippen molar-refractivity contribution < 1.29 is 9.59 Å². The van der Waals surface area contributed by atoms with Gasteiger partial charge >= 0.3 is 6.03 Å². The lowest BCUT2D eigenvalue weighted by Gasteiger charge is -1.98. The highest BCUT2D eigenvalue weighted by atomic mass is 79.9. The highest BCUT2D eigenvalue weighted by molar-refractivity contribution is 9.19. The second kappa shape index (κ2) is 5.62. The lowest BCUT2D eigenvalue weighted by atomic mass is 10.3. The van der Waals surface area contributed by atoms with Gasteiger partial charge in [0, 0.05) is 7.05 Å². The number of urea groups is 1. The van der Waals surface area contributed by atoms with Crippen molar-refractivity contribution in [1.29, 1.82) is 0 Å². The fraction of sp³-hybridized carbons (Fsp3) is 0.125. The molecule has 1 aromatic rings. The van der Waals surface area contributed by atoms with Gasteiger partial charge in [0.2, 0.25) is 5.78 Å². The summed E-state index contributed by atoms with van der Waals surface area (Å²) < 4.78 is 0.0635. The standard InChI is InChI=1S/C8H8BrN3O2S/c1-10-8(14)12-11-7(9)6(13)5-3-2-4-15-5/h2-4H,1H3,(H2,10,12,14)/b11-7-. The number of ketones is 1. The van der Waals surface area contributed by atoms with Gasteiger partial charge in [0.05, 0.1) is 4.88 Å². The zero-order chi connectivity index (χ0) is 11.3. The first-order valence-electron chi connectivity index (χ1n) is 3.94. The Hall–Kier alpha value is -1.21. The number of rotatable bonds is 3. The molecule has 0 atom stereocenters. The van der Waals surface area contributed by atoms with Crippen molar-refractivity contribution in [3.05, 3.63) is 22.4 Å². The Morgan fingerprint density at radius 1 is 1.53 bits per heavy atom. The van der Waals surface area contributed by atoms with E-state index in [9.17, 15) is 9.59 Å². The minimum absolute atomic E-state index is 0.0635. The molecule has 0 aliphatic carbocycles. The zero-order valence-corrected chi connectivity index (χ0v) is 10.2. The fourth-order valence-corrected chi connectivity index (χ4v) is 1.81. The summed E-state index contributed by atoms with van der Waals surface area (Å²) >= 11 is 4.30. The lowest BCUT2D eigenvalue weighted by Crippen LogP contribution is -2.29. The summed E-state index contributed by atoms with van der Waals surface area (Å²) in [7, 11) is 1.46. The molecule has 0 radical (unpaired) electrons. The first-order chi connectivity index (χ1) is 7.15. The van der Waals surface area contributed by atoms with E-state index in [0.29, 0.717) is 4.88 Å². The Bertz CT molecular complexity index is 389.